The maximum absolute atomic E-state index is 11.3. The number of aryl methyl sites for hydroxylation is 1. The van der Waals surface area contributed by atoms with Crippen molar-refractivity contribution in [1.82, 2.24) is 0 Å². The van der Waals surface area contributed by atoms with Gasteiger partial charge in [-0.15, -0.1) is 11.3 Å². The summed E-state index contributed by atoms with van der Waals surface area (Å²) in [5.74, 6) is -0.840. The SMILES string of the molecule is Cc1ccc(-c2sc(C(=O)O)c(N)c2C(C)C)cc1Cl. The molecule has 3 N–H and O–H groups in total. The first-order chi connectivity index (χ1) is 9.32. The van der Waals surface area contributed by atoms with Crippen LogP contribution in [0.5, 0.6) is 0 Å². The Hall–Kier alpha value is -1.52. The Morgan fingerprint density at radius 3 is 2.55 bits per heavy atom. The highest BCUT2D eigenvalue weighted by molar-refractivity contribution is 7.18. The Morgan fingerprint density at radius 2 is 2.05 bits per heavy atom. The van der Waals surface area contributed by atoms with Crippen molar-refractivity contribution in [2.45, 2.75) is 26.7 Å². The minimum absolute atomic E-state index is 0.148. The van der Waals surface area contributed by atoms with Crippen LogP contribution in [0.4, 0.5) is 5.69 Å². The molecule has 3 nitrogen and oxygen atoms in total. The number of carbonyl (C=O) groups is 1. The van der Waals surface area contributed by atoms with Crippen LogP contribution >= 0.6 is 22.9 Å². The fourth-order valence-electron chi connectivity index (χ4n) is 2.14. The number of benzene rings is 1. The van der Waals surface area contributed by atoms with E-state index < -0.39 is 5.97 Å². The first-order valence-electron chi connectivity index (χ1n) is 6.25. The van der Waals surface area contributed by atoms with E-state index in [9.17, 15) is 9.90 Å². The molecular formula is C15H16ClNO2S. The van der Waals surface area contributed by atoms with Crippen molar-refractivity contribution in [1.29, 1.82) is 0 Å². The van der Waals surface area contributed by atoms with Crippen molar-refractivity contribution in [3.05, 3.63) is 39.2 Å². The van der Waals surface area contributed by atoms with Crippen LogP contribution in [-0.4, -0.2) is 11.1 Å². The third kappa shape index (κ3) is 2.53. The van der Waals surface area contributed by atoms with E-state index in [-0.39, 0.29) is 10.8 Å². The van der Waals surface area contributed by atoms with Crippen molar-refractivity contribution in [2.75, 3.05) is 5.73 Å². The molecule has 1 aromatic carbocycles. The minimum atomic E-state index is -0.987. The van der Waals surface area contributed by atoms with Crippen LogP contribution in [-0.2, 0) is 0 Å². The third-order valence-corrected chi connectivity index (χ3v) is 4.85. The number of carboxylic acid groups (broad SMARTS) is 1. The monoisotopic (exact) mass is 309 g/mol. The van der Waals surface area contributed by atoms with Crippen molar-refractivity contribution < 1.29 is 9.90 Å². The van der Waals surface area contributed by atoms with Gasteiger partial charge in [-0.1, -0.05) is 37.6 Å². The molecule has 2 rings (SSSR count). The zero-order chi connectivity index (χ0) is 15.0. The number of thiophene rings is 1. The number of hydrogen-bond donors (Lipinski definition) is 2. The molecule has 1 heterocycles. The highest BCUT2D eigenvalue weighted by atomic mass is 35.5. The van der Waals surface area contributed by atoms with E-state index in [1.54, 1.807) is 0 Å². The van der Waals surface area contributed by atoms with Gasteiger partial charge in [-0.05, 0) is 35.6 Å². The smallest absolute Gasteiger partial charge is 0.348 e. The lowest BCUT2D eigenvalue weighted by atomic mass is 9.98. The number of nitrogens with two attached hydrogens (primary N) is 1. The van der Waals surface area contributed by atoms with Gasteiger partial charge in [0.05, 0.1) is 5.69 Å². The van der Waals surface area contributed by atoms with Crippen LogP contribution < -0.4 is 5.73 Å². The Labute approximate surface area is 127 Å². The molecule has 0 fully saturated rings. The normalized spacial score (nSPS) is 11.1. The number of hydrogen-bond acceptors (Lipinski definition) is 3. The number of rotatable bonds is 3. The fraction of sp³-hybridized carbons (Fsp3) is 0.267. The van der Waals surface area contributed by atoms with E-state index >= 15 is 0 Å². The molecule has 0 amide bonds. The maximum atomic E-state index is 11.3. The predicted molar refractivity (Wildman–Crippen MR) is 85.0 cm³/mol. The van der Waals surface area contributed by atoms with E-state index in [1.807, 2.05) is 39.0 Å². The second-order valence-corrected chi connectivity index (χ2v) is 6.44. The second kappa shape index (κ2) is 5.46. The van der Waals surface area contributed by atoms with Gasteiger partial charge in [-0.2, -0.15) is 0 Å². The Morgan fingerprint density at radius 1 is 1.40 bits per heavy atom. The lowest BCUT2D eigenvalue weighted by Gasteiger charge is -2.10. The van der Waals surface area contributed by atoms with Gasteiger partial charge in [0.1, 0.15) is 4.88 Å². The molecule has 2 aromatic rings. The van der Waals surface area contributed by atoms with Gasteiger partial charge in [-0.3, -0.25) is 0 Å². The van der Waals surface area contributed by atoms with Crippen LogP contribution in [0.25, 0.3) is 10.4 Å². The van der Waals surface area contributed by atoms with Gasteiger partial charge in [0.2, 0.25) is 0 Å². The van der Waals surface area contributed by atoms with E-state index in [0.717, 1.165) is 21.6 Å². The molecule has 0 radical (unpaired) electrons. The molecule has 0 saturated carbocycles. The van der Waals surface area contributed by atoms with Gasteiger partial charge < -0.3 is 10.8 Å². The number of carboxylic acids is 1. The van der Waals surface area contributed by atoms with Crippen LogP contribution in [0.15, 0.2) is 18.2 Å². The molecule has 0 atom stereocenters. The quantitative estimate of drug-likeness (QED) is 0.857. The highest BCUT2D eigenvalue weighted by Crippen LogP contribution is 2.43. The van der Waals surface area contributed by atoms with Crippen LogP contribution in [0, 0.1) is 6.92 Å². The molecule has 0 aliphatic rings. The van der Waals surface area contributed by atoms with Gasteiger partial charge in [0, 0.05) is 9.90 Å². The lowest BCUT2D eigenvalue weighted by molar-refractivity contribution is 0.0703. The molecule has 0 spiro atoms. The second-order valence-electron chi connectivity index (χ2n) is 5.01. The maximum Gasteiger partial charge on any atom is 0.348 e. The molecule has 20 heavy (non-hydrogen) atoms. The van der Waals surface area contributed by atoms with Crippen LogP contribution in [0.1, 0.15) is 40.6 Å². The average Bonchev–Trinajstić information content (AvgIpc) is 2.70. The van der Waals surface area contributed by atoms with E-state index in [0.29, 0.717) is 10.7 Å². The van der Waals surface area contributed by atoms with Gasteiger partial charge in [-0.25, -0.2) is 4.79 Å². The van der Waals surface area contributed by atoms with E-state index in [1.165, 1.54) is 11.3 Å². The molecular weight excluding hydrogens is 294 g/mol. The number of nitrogen functional groups attached to an aromatic ring is 1. The van der Waals surface area contributed by atoms with Crippen molar-refractivity contribution in [3.63, 3.8) is 0 Å². The number of anilines is 1. The van der Waals surface area contributed by atoms with Crippen LogP contribution in [0.2, 0.25) is 5.02 Å². The largest absolute Gasteiger partial charge is 0.477 e. The summed E-state index contributed by atoms with van der Waals surface area (Å²) in [5, 5.41) is 9.90. The molecule has 0 aliphatic heterocycles. The van der Waals surface area contributed by atoms with Gasteiger partial charge in [0.25, 0.3) is 0 Å². The first kappa shape index (κ1) is 14.9. The van der Waals surface area contributed by atoms with Crippen molar-refractivity contribution >= 4 is 34.6 Å². The molecule has 0 aliphatic carbocycles. The zero-order valence-electron chi connectivity index (χ0n) is 11.5. The zero-order valence-corrected chi connectivity index (χ0v) is 13.1. The van der Waals surface area contributed by atoms with Crippen molar-refractivity contribution in [2.24, 2.45) is 0 Å². The molecule has 1 aromatic heterocycles. The molecule has 5 heteroatoms. The third-order valence-electron chi connectivity index (χ3n) is 3.19. The summed E-state index contributed by atoms with van der Waals surface area (Å²) in [4.78, 5) is 12.3. The van der Waals surface area contributed by atoms with Crippen molar-refractivity contribution in [3.8, 4) is 10.4 Å². The molecule has 0 unspecified atom stereocenters. The topological polar surface area (TPSA) is 63.3 Å². The Balaban J connectivity index is 2.69. The molecule has 0 saturated heterocycles. The Kier molecular flexibility index (Phi) is 4.06. The Bertz CT molecular complexity index is 677. The summed E-state index contributed by atoms with van der Waals surface area (Å²) < 4.78 is 0. The summed E-state index contributed by atoms with van der Waals surface area (Å²) in [6.07, 6.45) is 0. The highest BCUT2D eigenvalue weighted by Gasteiger charge is 2.23. The van der Waals surface area contributed by atoms with Gasteiger partial charge in [0.15, 0.2) is 0 Å². The number of aromatic carboxylic acids is 1. The van der Waals surface area contributed by atoms with E-state index in [2.05, 4.69) is 0 Å². The first-order valence-corrected chi connectivity index (χ1v) is 7.44. The van der Waals surface area contributed by atoms with Gasteiger partial charge >= 0.3 is 5.97 Å². The van der Waals surface area contributed by atoms with E-state index in [4.69, 9.17) is 17.3 Å². The molecule has 0 bridgehead atoms. The standard InChI is InChI=1S/C15H16ClNO2S/c1-7(2)11-12(17)14(15(18)19)20-13(11)9-5-4-8(3)10(16)6-9/h4-7H,17H2,1-3H3,(H,18,19). The lowest BCUT2D eigenvalue weighted by Crippen LogP contribution is -2.00. The van der Waals surface area contributed by atoms with Crippen LogP contribution in [0.3, 0.4) is 0 Å². The summed E-state index contributed by atoms with van der Waals surface area (Å²) >= 11 is 7.37. The average molecular weight is 310 g/mol. The predicted octanol–water partition coefficient (Wildman–Crippen LogP) is 4.78. The summed E-state index contributed by atoms with van der Waals surface area (Å²) in [6.45, 7) is 5.94. The summed E-state index contributed by atoms with van der Waals surface area (Å²) in [6, 6.07) is 5.74. The number of halogens is 1. The minimum Gasteiger partial charge on any atom is -0.477 e. The summed E-state index contributed by atoms with van der Waals surface area (Å²) in [5.41, 5.74) is 9.16. The molecule has 106 valence electrons. The fourth-order valence-corrected chi connectivity index (χ4v) is 3.53. The summed E-state index contributed by atoms with van der Waals surface area (Å²) in [7, 11) is 0.